The fourth-order valence-electron chi connectivity index (χ4n) is 0. The van der Waals surface area contributed by atoms with E-state index in [1.54, 1.807) is 0 Å². The van der Waals surface area contributed by atoms with Gasteiger partial charge in [-0.15, -0.1) is 0 Å². The van der Waals surface area contributed by atoms with E-state index < -0.39 is 5.09 Å². The summed E-state index contributed by atoms with van der Waals surface area (Å²) < 4.78 is 0. The summed E-state index contributed by atoms with van der Waals surface area (Å²) in [4.78, 5) is 8.25. The van der Waals surface area contributed by atoms with Gasteiger partial charge in [0.1, 0.15) is 0 Å². The van der Waals surface area contributed by atoms with Crippen LogP contribution in [0.5, 0.6) is 0 Å². The van der Waals surface area contributed by atoms with Gasteiger partial charge in [0, 0.05) is 27.3 Å². The third kappa shape index (κ3) is 197000. The third-order valence-corrected chi connectivity index (χ3v) is 0. The molecule has 0 aromatic rings. The van der Waals surface area contributed by atoms with E-state index in [-0.39, 0.29) is 49.2 Å². The molecule has 0 aromatic heterocycles. The van der Waals surface area contributed by atoms with Crippen molar-refractivity contribution >= 4 is 0 Å². The summed E-state index contributed by atoms with van der Waals surface area (Å²) in [6.07, 6.45) is 0. The zero-order valence-electron chi connectivity index (χ0n) is 4.38. The minimum atomic E-state index is -1.75. The molecule has 0 saturated carbocycles. The van der Waals surface area contributed by atoms with Gasteiger partial charge in [-0.25, -0.2) is 0 Å². The fourth-order valence-corrected chi connectivity index (χ4v) is 0. The van der Waals surface area contributed by atoms with Crippen molar-refractivity contribution in [1.29, 1.82) is 0 Å². The van der Waals surface area contributed by atoms with Crippen molar-refractivity contribution in [3.8, 4) is 0 Å². The number of rotatable bonds is 0. The molecule has 0 unspecified atom stereocenters. The maximum absolute atomic E-state index is 8.25. The molecule has 0 aliphatic carbocycles. The van der Waals surface area contributed by atoms with Gasteiger partial charge < -0.3 is 37.2 Å². The minimum absolute atomic E-state index is 0. The number of hydrogen-bond acceptors (Lipinski definition) is 3. The van der Waals surface area contributed by atoms with Crippen molar-refractivity contribution in [2.75, 3.05) is 0 Å². The maximum atomic E-state index is 8.25. The van der Waals surface area contributed by atoms with E-state index in [0.29, 0.717) is 0 Å². The van der Waals surface area contributed by atoms with Gasteiger partial charge in [0.25, 0.3) is 0 Å². The smallest absolute Gasteiger partial charge is 0.0689 e. The molecule has 0 aliphatic rings. The van der Waals surface area contributed by atoms with Crippen molar-refractivity contribution in [2.24, 2.45) is 0 Å². The largest absolute Gasteiger partial charge is 0.412 e. The van der Waals surface area contributed by atoms with E-state index in [9.17, 15) is 0 Å². The van der Waals surface area contributed by atoms with E-state index in [1.165, 1.54) is 0 Å². The molecule has 9 heteroatoms. The molecule has 8 nitrogen and oxygen atoms in total. The van der Waals surface area contributed by atoms with Gasteiger partial charge in [-0.3, -0.25) is 0 Å². The van der Waals surface area contributed by atoms with Gasteiger partial charge in [0.15, 0.2) is 0 Å². The summed E-state index contributed by atoms with van der Waals surface area (Å²) in [5.74, 6) is 0. The Morgan fingerprint density at radius 1 is 0.889 bits per heavy atom. The van der Waals surface area contributed by atoms with Crippen LogP contribution in [0.3, 0.4) is 0 Å². The second kappa shape index (κ2) is 44.0. The van der Waals surface area contributed by atoms with Crippen LogP contribution in [-0.4, -0.2) is 27.0 Å². The Morgan fingerprint density at radius 2 is 0.889 bits per heavy atom. The van der Waals surface area contributed by atoms with Crippen LogP contribution in [0.25, 0.3) is 0 Å². The summed E-state index contributed by atoms with van der Waals surface area (Å²) >= 11 is 0. The maximum Gasteiger partial charge on any atom is 0.0689 e. The molecule has 58 valence electrons. The molecule has 0 spiro atoms. The Bertz CT molecular complexity index is 31.9. The van der Waals surface area contributed by atoms with Crippen molar-refractivity contribution in [3.05, 3.63) is 15.3 Å². The first kappa shape index (κ1) is 64.8. The van der Waals surface area contributed by atoms with Gasteiger partial charge in [0.05, 0.1) is 5.09 Å². The zero-order chi connectivity index (χ0) is 3.58. The second-order valence-corrected chi connectivity index (χ2v) is 0.224. The quantitative estimate of drug-likeness (QED) is 0.243. The van der Waals surface area contributed by atoms with E-state index in [1.807, 2.05) is 0 Å². The summed E-state index contributed by atoms with van der Waals surface area (Å²) in [5.41, 5.74) is 0. The first-order valence-electron chi connectivity index (χ1n) is 0.548. The van der Waals surface area contributed by atoms with Gasteiger partial charge in [-0.05, 0) is 0 Å². The summed E-state index contributed by atoms with van der Waals surface area (Å²) in [5, 5.41) is 14.8. The molecule has 0 saturated heterocycles. The van der Waals surface area contributed by atoms with Gasteiger partial charge in [-0.2, -0.15) is 0 Å². The molecular weight excluding hydrogens is 238 g/mol. The van der Waals surface area contributed by atoms with Crippen LogP contribution >= 0.6 is 0 Å². The molecule has 0 amide bonds. The molecule has 0 radical (unpaired) electrons. The predicted molar refractivity (Wildman–Crippen MR) is 24.8 cm³/mol. The molecule has 0 rings (SSSR count). The van der Waals surface area contributed by atoms with Crippen LogP contribution in [0, 0.1) is 15.3 Å². The Kier molecular flexibility index (Phi) is 316. The molecular formula is H8CdNO7-. The normalized spacial score (nSPS) is 2.67. The molecule has 0 atom stereocenters. The molecule has 0 fully saturated rings. The average Bonchev–Trinajstić information content (AvgIpc) is 0.811. The first-order chi connectivity index (χ1) is 1.73. The van der Waals surface area contributed by atoms with Crippen molar-refractivity contribution in [2.45, 2.75) is 0 Å². The van der Waals surface area contributed by atoms with Crippen molar-refractivity contribution < 1.29 is 54.3 Å². The molecule has 0 aromatic carbocycles. The SMILES string of the molecule is O.O.O.O.O=[N+]([O-])[O-].[Cd]. The Morgan fingerprint density at radius 3 is 0.889 bits per heavy atom. The Balaban J connectivity index is -0.00000000450. The standard InChI is InChI=1S/Cd.NO3.4H2O/c;2-1(3)4;;;;/h;;4*1H2/q;-1;;;;. The van der Waals surface area contributed by atoms with Gasteiger partial charge in [0.2, 0.25) is 0 Å². The third-order valence-electron chi connectivity index (χ3n) is 0. The number of hydrogen-bond donors (Lipinski definition) is 0. The predicted octanol–water partition coefficient (Wildman–Crippen LogP) is -3.54. The number of nitrogens with zero attached hydrogens (tertiary/aromatic N) is 1. The van der Waals surface area contributed by atoms with Crippen LogP contribution in [0.2, 0.25) is 0 Å². The monoisotopic (exact) mass is 248 g/mol. The van der Waals surface area contributed by atoms with E-state index in [0.717, 1.165) is 0 Å². The molecule has 8 N–H and O–H groups in total. The second-order valence-electron chi connectivity index (χ2n) is 0.224. The average molecular weight is 246 g/mol. The van der Waals surface area contributed by atoms with Crippen LogP contribution in [0.4, 0.5) is 0 Å². The van der Waals surface area contributed by atoms with E-state index >= 15 is 0 Å². The summed E-state index contributed by atoms with van der Waals surface area (Å²) in [6.45, 7) is 0. The topological polar surface area (TPSA) is 192 Å². The van der Waals surface area contributed by atoms with Crippen LogP contribution in [0.15, 0.2) is 0 Å². The van der Waals surface area contributed by atoms with Crippen molar-refractivity contribution in [1.82, 2.24) is 0 Å². The van der Waals surface area contributed by atoms with E-state index in [2.05, 4.69) is 0 Å². The first-order valence-corrected chi connectivity index (χ1v) is 0.548. The minimum Gasteiger partial charge on any atom is -0.412 e. The van der Waals surface area contributed by atoms with Crippen LogP contribution < -0.4 is 0 Å². The van der Waals surface area contributed by atoms with Crippen molar-refractivity contribution in [3.63, 3.8) is 0 Å². The molecule has 0 heterocycles. The van der Waals surface area contributed by atoms with E-state index in [4.69, 9.17) is 15.3 Å². The zero-order valence-corrected chi connectivity index (χ0v) is 8.42. The fraction of sp³-hybridized carbons (Fsp3) is 0. The Hall–Kier alpha value is -0.0379. The van der Waals surface area contributed by atoms with Crippen LogP contribution in [-0.2, 0) is 27.3 Å². The summed E-state index contributed by atoms with van der Waals surface area (Å²) in [7, 11) is 0. The molecule has 0 bridgehead atoms. The summed E-state index contributed by atoms with van der Waals surface area (Å²) in [6, 6.07) is 0. The molecule has 0 aliphatic heterocycles. The Labute approximate surface area is 70.0 Å². The van der Waals surface area contributed by atoms with Gasteiger partial charge in [-0.1, -0.05) is 0 Å². The molecule has 9 heavy (non-hydrogen) atoms. The van der Waals surface area contributed by atoms with Crippen LogP contribution in [0.1, 0.15) is 0 Å². The van der Waals surface area contributed by atoms with Gasteiger partial charge >= 0.3 is 0 Å².